The molecule has 2 saturated carbocycles. The van der Waals surface area contributed by atoms with Crippen LogP contribution in [0.5, 0.6) is 0 Å². The summed E-state index contributed by atoms with van der Waals surface area (Å²) in [5.41, 5.74) is 2.75. The van der Waals surface area contributed by atoms with Crippen molar-refractivity contribution < 1.29 is 0 Å². The third-order valence-electron chi connectivity index (χ3n) is 4.06. The first-order valence-electron chi connectivity index (χ1n) is 7.92. The minimum Gasteiger partial charge on any atom is -0.368 e. The number of nitrogens with one attached hydrogen (secondary N) is 1. The molecule has 110 valence electrons. The van der Waals surface area contributed by atoms with Crippen LogP contribution in [0, 0.1) is 5.92 Å². The Morgan fingerprint density at radius 1 is 1.25 bits per heavy atom. The van der Waals surface area contributed by atoms with Gasteiger partial charge in [-0.25, -0.2) is 0 Å². The molecule has 0 bridgehead atoms. The second-order valence-corrected chi connectivity index (χ2v) is 7.14. The highest BCUT2D eigenvalue weighted by Crippen LogP contribution is 2.35. The van der Waals surface area contributed by atoms with Gasteiger partial charge >= 0.3 is 0 Å². The van der Waals surface area contributed by atoms with Crippen LogP contribution >= 0.6 is 11.6 Å². The van der Waals surface area contributed by atoms with E-state index in [1.807, 2.05) is 6.07 Å². The molecule has 0 amide bonds. The Bertz CT molecular complexity index is 464. The normalized spacial score (nSPS) is 18.6. The van der Waals surface area contributed by atoms with Gasteiger partial charge < -0.3 is 10.2 Å². The number of rotatable bonds is 7. The van der Waals surface area contributed by atoms with Crippen LogP contribution < -0.4 is 10.2 Å². The highest BCUT2D eigenvalue weighted by Gasteiger charge is 2.31. The van der Waals surface area contributed by atoms with E-state index in [1.54, 1.807) is 0 Å². The topological polar surface area (TPSA) is 15.3 Å². The molecule has 1 aromatic rings. The quantitative estimate of drug-likeness (QED) is 0.809. The maximum absolute atomic E-state index is 6.21. The van der Waals surface area contributed by atoms with Crippen LogP contribution in [0.15, 0.2) is 18.2 Å². The van der Waals surface area contributed by atoms with E-state index in [-0.39, 0.29) is 0 Å². The summed E-state index contributed by atoms with van der Waals surface area (Å²) in [7, 11) is 0. The molecule has 3 heteroatoms. The molecule has 2 fully saturated rings. The minimum absolute atomic E-state index is 0.690. The Morgan fingerprint density at radius 2 is 2.00 bits per heavy atom. The van der Waals surface area contributed by atoms with Crippen LogP contribution in [0.1, 0.15) is 45.1 Å². The molecule has 0 unspecified atom stereocenters. The molecule has 0 radical (unpaired) electrons. The zero-order chi connectivity index (χ0) is 14.1. The molecule has 0 spiro atoms. The molecule has 1 aromatic carbocycles. The first-order valence-corrected chi connectivity index (χ1v) is 8.29. The Labute approximate surface area is 127 Å². The van der Waals surface area contributed by atoms with Gasteiger partial charge in [0.25, 0.3) is 0 Å². The lowest BCUT2D eigenvalue weighted by atomic mass is 10.1. The predicted molar refractivity (Wildman–Crippen MR) is 86.5 cm³/mol. The van der Waals surface area contributed by atoms with Gasteiger partial charge in [-0.1, -0.05) is 25.4 Å². The number of anilines is 1. The van der Waals surface area contributed by atoms with Crippen molar-refractivity contribution in [2.75, 3.05) is 11.4 Å². The largest absolute Gasteiger partial charge is 0.368 e. The predicted octanol–water partition coefficient (Wildman–Crippen LogP) is 4.22. The van der Waals surface area contributed by atoms with Gasteiger partial charge in [-0.2, -0.15) is 0 Å². The minimum atomic E-state index is 0.690. The highest BCUT2D eigenvalue weighted by atomic mass is 35.5. The zero-order valence-corrected chi connectivity index (χ0v) is 13.3. The van der Waals surface area contributed by atoms with E-state index in [0.29, 0.717) is 5.92 Å². The van der Waals surface area contributed by atoms with Gasteiger partial charge in [0.05, 0.1) is 0 Å². The lowest BCUT2D eigenvalue weighted by Gasteiger charge is -2.29. The molecule has 2 nitrogen and oxygen atoms in total. The van der Waals surface area contributed by atoms with Crippen LogP contribution in [0.2, 0.25) is 5.02 Å². The zero-order valence-electron chi connectivity index (χ0n) is 12.5. The second-order valence-electron chi connectivity index (χ2n) is 6.71. The summed E-state index contributed by atoms with van der Waals surface area (Å²) in [5, 5.41) is 4.47. The number of nitrogens with zero attached hydrogens (tertiary/aromatic N) is 1. The lowest BCUT2D eigenvalue weighted by molar-refractivity contribution is 0.602. The van der Waals surface area contributed by atoms with Crippen LogP contribution in [0.25, 0.3) is 0 Å². The van der Waals surface area contributed by atoms with Crippen molar-refractivity contribution in [1.29, 1.82) is 0 Å². The van der Waals surface area contributed by atoms with Gasteiger partial charge in [-0.3, -0.25) is 0 Å². The highest BCUT2D eigenvalue weighted by molar-refractivity contribution is 6.30. The van der Waals surface area contributed by atoms with Crippen LogP contribution in [-0.4, -0.2) is 18.6 Å². The molecular formula is C17H25ClN2. The summed E-state index contributed by atoms with van der Waals surface area (Å²) in [6.07, 6.45) is 5.33. The Balaban J connectivity index is 1.80. The molecule has 0 aliphatic heterocycles. The summed E-state index contributed by atoms with van der Waals surface area (Å²) in [5.74, 6) is 0.690. The molecule has 2 aliphatic carbocycles. The summed E-state index contributed by atoms with van der Waals surface area (Å²) in [6, 6.07) is 7.88. The summed E-state index contributed by atoms with van der Waals surface area (Å²) >= 11 is 6.21. The van der Waals surface area contributed by atoms with Crippen molar-refractivity contribution in [2.45, 2.75) is 58.2 Å². The molecule has 3 rings (SSSR count). The molecule has 20 heavy (non-hydrogen) atoms. The third-order valence-corrected chi connectivity index (χ3v) is 4.29. The third kappa shape index (κ3) is 3.67. The summed E-state index contributed by atoms with van der Waals surface area (Å²) in [6.45, 7) is 6.69. The van der Waals surface area contributed by atoms with E-state index in [4.69, 9.17) is 11.6 Å². The number of hydrogen-bond acceptors (Lipinski definition) is 2. The SMILES string of the molecule is CC(C)CN(c1ccc(Cl)cc1CNC1CC1)C1CC1. The maximum Gasteiger partial charge on any atom is 0.0415 e. The molecule has 2 aliphatic rings. The van der Waals surface area contributed by atoms with Crippen LogP contribution in [0.3, 0.4) is 0 Å². The summed E-state index contributed by atoms with van der Waals surface area (Å²) in [4.78, 5) is 2.60. The van der Waals surface area contributed by atoms with E-state index in [9.17, 15) is 0 Å². The Kier molecular flexibility index (Phi) is 4.23. The van der Waals surface area contributed by atoms with Gasteiger partial charge in [-0.15, -0.1) is 0 Å². The molecule has 0 atom stereocenters. The van der Waals surface area contributed by atoms with Gasteiger partial charge in [0, 0.05) is 35.9 Å². The smallest absolute Gasteiger partial charge is 0.0415 e. The average Bonchev–Trinajstić information content (AvgIpc) is 3.27. The fraction of sp³-hybridized carbons (Fsp3) is 0.647. The van der Waals surface area contributed by atoms with E-state index in [0.717, 1.165) is 30.2 Å². The van der Waals surface area contributed by atoms with Gasteiger partial charge in [0.1, 0.15) is 0 Å². The van der Waals surface area contributed by atoms with E-state index in [2.05, 4.69) is 36.2 Å². The second kappa shape index (κ2) is 5.95. The maximum atomic E-state index is 6.21. The van der Waals surface area contributed by atoms with E-state index in [1.165, 1.54) is 36.9 Å². The van der Waals surface area contributed by atoms with Crippen molar-refractivity contribution in [1.82, 2.24) is 5.32 Å². The van der Waals surface area contributed by atoms with Crippen LogP contribution in [0.4, 0.5) is 5.69 Å². The number of benzene rings is 1. The Hall–Kier alpha value is -0.730. The first-order chi connectivity index (χ1) is 9.63. The van der Waals surface area contributed by atoms with Gasteiger partial charge in [-0.05, 0) is 55.4 Å². The lowest BCUT2D eigenvalue weighted by Crippen LogP contribution is -2.31. The van der Waals surface area contributed by atoms with Gasteiger partial charge in [0.2, 0.25) is 0 Å². The molecule has 0 heterocycles. The van der Waals surface area contributed by atoms with Crippen molar-refractivity contribution in [2.24, 2.45) is 5.92 Å². The monoisotopic (exact) mass is 292 g/mol. The first kappa shape index (κ1) is 14.2. The van der Waals surface area contributed by atoms with E-state index >= 15 is 0 Å². The van der Waals surface area contributed by atoms with E-state index < -0.39 is 0 Å². The fourth-order valence-corrected chi connectivity index (χ4v) is 2.94. The molecule has 0 aromatic heterocycles. The Morgan fingerprint density at radius 3 is 2.60 bits per heavy atom. The molecule has 1 N–H and O–H groups in total. The molecule has 0 saturated heterocycles. The number of hydrogen-bond donors (Lipinski definition) is 1. The molecular weight excluding hydrogens is 268 g/mol. The van der Waals surface area contributed by atoms with Crippen molar-refractivity contribution >= 4 is 17.3 Å². The van der Waals surface area contributed by atoms with Crippen molar-refractivity contribution in [3.8, 4) is 0 Å². The van der Waals surface area contributed by atoms with Crippen LogP contribution in [-0.2, 0) is 6.54 Å². The van der Waals surface area contributed by atoms with Gasteiger partial charge in [0.15, 0.2) is 0 Å². The summed E-state index contributed by atoms with van der Waals surface area (Å²) < 4.78 is 0. The van der Waals surface area contributed by atoms with Crippen molar-refractivity contribution in [3.63, 3.8) is 0 Å². The van der Waals surface area contributed by atoms with Crippen molar-refractivity contribution in [3.05, 3.63) is 28.8 Å². The fourth-order valence-electron chi connectivity index (χ4n) is 2.74. The average molecular weight is 293 g/mol. The number of halogens is 1. The standard InChI is InChI=1S/C17H25ClN2/c1-12(2)11-20(16-6-7-16)17-8-3-14(18)9-13(17)10-19-15-4-5-15/h3,8-9,12,15-16,19H,4-7,10-11H2,1-2H3.